The summed E-state index contributed by atoms with van der Waals surface area (Å²) in [6, 6.07) is 21.0. The summed E-state index contributed by atoms with van der Waals surface area (Å²) >= 11 is 6.21. The van der Waals surface area contributed by atoms with Gasteiger partial charge in [0.15, 0.2) is 0 Å². The van der Waals surface area contributed by atoms with Gasteiger partial charge in [-0.05, 0) is 60.4 Å². The number of nitrogens with one attached hydrogen (secondary N) is 1. The van der Waals surface area contributed by atoms with Crippen LogP contribution in [-0.4, -0.2) is 25.0 Å². The Kier molecular flexibility index (Phi) is 6.76. The Balaban J connectivity index is 1.40. The zero-order valence-electron chi connectivity index (χ0n) is 17.9. The third kappa shape index (κ3) is 4.94. The Labute approximate surface area is 193 Å². The average molecular weight is 449 g/mol. The van der Waals surface area contributed by atoms with Gasteiger partial charge in [0.2, 0.25) is 0 Å². The molecule has 1 N–H and O–H groups in total. The van der Waals surface area contributed by atoms with Crippen LogP contribution in [0.4, 0.5) is 5.69 Å². The van der Waals surface area contributed by atoms with E-state index >= 15 is 0 Å². The van der Waals surface area contributed by atoms with Gasteiger partial charge >= 0.3 is 5.97 Å². The van der Waals surface area contributed by atoms with E-state index in [2.05, 4.69) is 22.3 Å². The van der Waals surface area contributed by atoms with E-state index < -0.39 is 0 Å². The fraction of sp³-hybridized carbons (Fsp3) is 0.231. The summed E-state index contributed by atoms with van der Waals surface area (Å²) < 4.78 is 5.00. The molecule has 32 heavy (non-hydrogen) atoms. The topological polar surface area (TPSA) is 58.6 Å². The van der Waals surface area contributed by atoms with Crippen LogP contribution in [0.15, 0.2) is 66.7 Å². The first kappa shape index (κ1) is 21.9. The zero-order valence-corrected chi connectivity index (χ0v) is 18.7. The van der Waals surface area contributed by atoms with Crippen molar-refractivity contribution in [3.63, 3.8) is 0 Å². The molecule has 1 amide bonds. The van der Waals surface area contributed by atoms with Crippen LogP contribution < -0.4 is 10.2 Å². The molecular formula is C26H25ClN2O3. The van der Waals surface area contributed by atoms with Crippen LogP contribution in [0.1, 0.15) is 44.3 Å². The first-order valence-corrected chi connectivity index (χ1v) is 11.1. The lowest BCUT2D eigenvalue weighted by atomic mass is 10.1. The molecule has 0 saturated carbocycles. The fourth-order valence-corrected chi connectivity index (χ4v) is 4.08. The van der Waals surface area contributed by atoms with Crippen molar-refractivity contribution in [3.05, 3.63) is 99.6 Å². The molecule has 5 nitrogen and oxygen atoms in total. The molecule has 6 heteroatoms. The second-order valence-corrected chi connectivity index (χ2v) is 8.15. The molecule has 164 valence electrons. The standard InChI is InChI=1S/C26H25ClN2O3/c1-2-32-26(31)19-9-7-18(8-10-19)13-14-28-25(30)23-15-22(27)11-12-24(23)29-16-20-5-3-4-6-21(20)17-29/h3-12,15H,2,13-14,16-17H2,1H3,(H,28,30). The summed E-state index contributed by atoms with van der Waals surface area (Å²) in [4.78, 5) is 27.0. The van der Waals surface area contributed by atoms with Crippen LogP contribution in [0.25, 0.3) is 0 Å². The summed E-state index contributed by atoms with van der Waals surface area (Å²) in [5, 5.41) is 3.53. The monoisotopic (exact) mass is 448 g/mol. The van der Waals surface area contributed by atoms with Crippen molar-refractivity contribution < 1.29 is 14.3 Å². The number of benzene rings is 3. The lowest BCUT2D eigenvalue weighted by molar-refractivity contribution is 0.0526. The highest BCUT2D eigenvalue weighted by atomic mass is 35.5. The third-order valence-electron chi connectivity index (χ3n) is 5.55. The minimum absolute atomic E-state index is 0.151. The molecular weight excluding hydrogens is 424 g/mol. The van der Waals surface area contributed by atoms with Crippen molar-refractivity contribution in [3.8, 4) is 0 Å². The summed E-state index contributed by atoms with van der Waals surface area (Å²) in [6.45, 7) is 4.14. The van der Waals surface area contributed by atoms with Gasteiger partial charge in [-0.1, -0.05) is 48.0 Å². The lowest BCUT2D eigenvalue weighted by Crippen LogP contribution is -2.28. The van der Waals surface area contributed by atoms with Crippen molar-refractivity contribution in [2.45, 2.75) is 26.4 Å². The Hall–Kier alpha value is -3.31. The van der Waals surface area contributed by atoms with Crippen LogP contribution >= 0.6 is 11.6 Å². The number of rotatable bonds is 7. The number of carbonyl (C=O) groups is 2. The normalized spacial score (nSPS) is 12.4. The van der Waals surface area contributed by atoms with Gasteiger partial charge in [0.25, 0.3) is 5.91 Å². The maximum atomic E-state index is 13.0. The minimum atomic E-state index is -0.329. The van der Waals surface area contributed by atoms with E-state index in [1.165, 1.54) is 11.1 Å². The maximum absolute atomic E-state index is 13.0. The van der Waals surface area contributed by atoms with Gasteiger partial charge in [-0.25, -0.2) is 4.79 Å². The molecule has 3 aromatic rings. The van der Waals surface area contributed by atoms with Crippen molar-refractivity contribution in [2.24, 2.45) is 0 Å². The molecule has 0 aliphatic carbocycles. The van der Waals surface area contributed by atoms with Crippen molar-refractivity contribution in [1.82, 2.24) is 5.32 Å². The number of carbonyl (C=O) groups excluding carboxylic acids is 2. The van der Waals surface area contributed by atoms with Gasteiger partial charge in [-0.3, -0.25) is 4.79 Å². The molecule has 1 heterocycles. The SMILES string of the molecule is CCOC(=O)c1ccc(CCNC(=O)c2cc(Cl)ccc2N2Cc3ccccc3C2)cc1. The number of fused-ring (bicyclic) bond motifs is 1. The highest BCUT2D eigenvalue weighted by Crippen LogP contribution is 2.32. The Morgan fingerprint density at radius 3 is 2.34 bits per heavy atom. The number of ether oxygens (including phenoxy) is 1. The Morgan fingerprint density at radius 2 is 1.69 bits per heavy atom. The predicted octanol–water partition coefficient (Wildman–Crippen LogP) is 5.01. The van der Waals surface area contributed by atoms with E-state index in [4.69, 9.17) is 16.3 Å². The molecule has 0 unspecified atom stereocenters. The van der Waals surface area contributed by atoms with Crippen LogP contribution in [0, 0.1) is 0 Å². The van der Waals surface area contributed by atoms with Crippen LogP contribution in [0.5, 0.6) is 0 Å². The van der Waals surface area contributed by atoms with Gasteiger partial charge < -0.3 is 15.0 Å². The molecule has 4 rings (SSSR count). The largest absolute Gasteiger partial charge is 0.462 e. The van der Waals surface area contributed by atoms with Crippen molar-refractivity contribution >= 4 is 29.2 Å². The second kappa shape index (κ2) is 9.88. The number of anilines is 1. The Morgan fingerprint density at radius 1 is 1.00 bits per heavy atom. The minimum Gasteiger partial charge on any atom is -0.462 e. The molecule has 1 aliphatic heterocycles. The summed E-state index contributed by atoms with van der Waals surface area (Å²) in [5.74, 6) is -0.480. The number of hydrogen-bond donors (Lipinski definition) is 1. The third-order valence-corrected chi connectivity index (χ3v) is 5.78. The molecule has 0 radical (unpaired) electrons. The molecule has 0 bridgehead atoms. The highest BCUT2D eigenvalue weighted by molar-refractivity contribution is 6.31. The van der Waals surface area contributed by atoms with Gasteiger partial charge in [-0.15, -0.1) is 0 Å². The van der Waals surface area contributed by atoms with E-state index in [0.717, 1.165) is 24.3 Å². The van der Waals surface area contributed by atoms with Crippen molar-refractivity contribution in [2.75, 3.05) is 18.1 Å². The first-order chi connectivity index (χ1) is 15.5. The first-order valence-electron chi connectivity index (χ1n) is 10.7. The van der Waals surface area contributed by atoms with E-state index in [0.29, 0.717) is 35.7 Å². The number of halogens is 1. The van der Waals surface area contributed by atoms with E-state index in [1.54, 1.807) is 25.1 Å². The molecule has 3 aromatic carbocycles. The summed E-state index contributed by atoms with van der Waals surface area (Å²) in [6.07, 6.45) is 0.653. The van der Waals surface area contributed by atoms with Crippen LogP contribution in [0.2, 0.25) is 5.02 Å². The number of esters is 1. The van der Waals surface area contributed by atoms with Gasteiger partial charge in [-0.2, -0.15) is 0 Å². The van der Waals surface area contributed by atoms with E-state index in [1.807, 2.05) is 36.4 Å². The molecule has 0 saturated heterocycles. The molecule has 0 spiro atoms. The highest BCUT2D eigenvalue weighted by Gasteiger charge is 2.23. The molecule has 0 atom stereocenters. The predicted molar refractivity (Wildman–Crippen MR) is 126 cm³/mol. The maximum Gasteiger partial charge on any atom is 0.338 e. The quantitative estimate of drug-likeness (QED) is 0.516. The molecule has 0 aromatic heterocycles. The summed E-state index contributed by atoms with van der Waals surface area (Å²) in [5.41, 5.74) is 5.56. The lowest BCUT2D eigenvalue weighted by Gasteiger charge is -2.21. The van der Waals surface area contributed by atoms with E-state index in [9.17, 15) is 9.59 Å². The van der Waals surface area contributed by atoms with Crippen LogP contribution in [-0.2, 0) is 24.2 Å². The number of amides is 1. The van der Waals surface area contributed by atoms with Gasteiger partial charge in [0.05, 0.1) is 23.4 Å². The van der Waals surface area contributed by atoms with Gasteiger partial charge in [0.1, 0.15) is 0 Å². The number of nitrogens with zero attached hydrogens (tertiary/aromatic N) is 1. The van der Waals surface area contributed by atoms with Crippen LogP contribution in [0.3, 0.4) is 0 Å². The molecule has 1 aliphatic rings. The summed E-state index contributed by atoms with van der Waals surface area (Å²) in [7, 11) is 0. The van der Waals surface area contributed by atoms with Gasteiger partial charge in [0, 0.05) is 24.7 Å². The smallest absolute Gasteiger partial charge is 0.338 e. The Bertz CT molecular complexity index is 1100. The van der Waals surface area contributed by atoms with E-state index in [-0.39, 0.29) is 11.9 Å². The molecule has 0 fully saturated rings. The second-order valence-electron chi connectivity index (χ2n) is 7.71. The zero-order chi connectivity index (χ0) is 22.5. The average Bonchev–Trinajstić information content (AvgIpc) is 3.23. The van der Waals surface area contributed by atoms with Crippen molar-refractivity contribution in [1.29, 1.82) is 0 Å². The number of hydrogen-bond acceptors (Lipinski definition) is 4. The fourth-order valence-electron chi connectivity index (χ4n) is 3.91.